The van der Waals surface area contributed by atoms with Crippen LogP contribution in [0.4, 0.5) is 0 Å². The molecule has 1 atom stereocenters. The highest BCUT2D eigenvalue weighted by molar-refractivity contribution is 7.91. The van der Waals surface area contributed by atoms with Crippen molar-refractivity contribution < 1.29 is 27.4 Å². The Morgan fingerprint density at radius 1 is 1.07 bits per heavy atom. The molecule has 1 saturated heterocycles. The molecule has 1 fully saturated rings. The third kappa shape index (κ3) is 4.70. The number of nitrogens with zero attached hydrogens (tertiary/aromatic N) is 1. The van der Waals surface area contributed by atoms with E-state index in [1.807, 2.05) is 25.1 Å². The maximum Gasteiger partial charge on any atom is 0.254 e. The van der Waals surface area contributed by atoms with E-state index in [0.717, 1.165) is 11.1 Å². The van der Waals surface area contributed by atoms with Crippen LogP contribution in [0, 0.1) is 6.92 Å². The molecule has 162 valence electrons. The quantitative estimate of drug-likeness (QED) is 0.668. The number of rotatable bonds is 7. The Bertz CT molecular complexity index is 1010. The largest absolute Gasteiger partial charge is 0.493 e. The second kappa shape index (κ2) is 8.95. The van der Waals surface area contributed by atoms with Gasteiger partial charge in [-0.15, -0.1) is 0 Å². The summed E-state index contributed by atoms with van der Waals surface area (Å²) in [5.41, 5.74) is 2.26. The van der Waals surface area contributed by atoms with Gasteiger partial charge in [0, 0.05) is 18.2 Å². The average molecular weight is 434 g/mol. The number of carbonyl (C=O) groups is 1. The molecule has 2 aromatic rings. The van der Waals surface area contributed by atoms with Gasteiger partial charge in [-0.1, -0.05) is 17.7 Å². The van der Waals surface area contributed by atoms with Gasteiger partial charge in [0.2, 0.25) is 5.75 Å². The van der Waals surface area contributed by atoms with E-state index < -0.39 is 9.84 Å². The Hall–Kier alpha value is -2.74. The molecular formula is C22H27NO6S. The van der Waals surface area contributed by atoms with Gasteiger partial charge in [-0.3, -0.25) is 4.79 Å². The first kappa shape index (κ1) is 22.0. The number of ether oxygens (including phenoxy) is 3. The molecule has 0 N–H and O–H groups in total. The van der Waals surface area contributed by atoms with Crippen molar-refractivity contribution in [3.8, 4) is 17.2 Å². The summed E-state index contributed by atoms with van der Waals surface area (Å²) in [5.74, 6) is 1.28. The van der Waals surface area contributed by atoms with Crippen molar-refractivity contribution in [1.29, 1.82) is 0 Å². The van der Waals surface area contributed by atoms with Gasteiger partial charge in [-0.05, 0) is 43.2 Å². The van der Waals surface area contributed by atoms with E-state index in [1.54, 1.807) is 23.1 Å². The van der Waals surface area contributed by atoms with Crippen LogP contribution < -0.4 is 14.2 Å². The minimum absolute atomic E-state index is 0.0328. The SMILES string of the molecule is COc1cc(CN(C(=O)c2cccc(C)c2)[C@H]2CCS(=O)(=O)C2)cc(OC)c1OC. The summed E-state index contributed by atoms with van der Waals surface area (Å²) in [6.45, 7) is 2.14. The molecule has 7 nitrogen and oxygen atoms in total. The molecule has 0 spiro atoms. The van der Waals surface area contributed by atoms with Crippen LogP contribution in [0.25, 0.3) is 0 Å². The molecule has 1 aliphatic rings. The van der Waals surface area contributed by atoms with Crippen LogP contribution in [-0.2, 0) is 16.4 Å². The maximum atomic E-state index is 13.4. The van der Waals surface area contributed by atoms with Crippen molar-refractivity contribution in [2.24, 2.45) is 0 Å². The van der Waals surface area contributed by atoms with E-state index >= 15 is 0 Å². The molecule has 1 amide bonds. The number of sulfone groups is 1. The predicted molar refractivity (Wildman–Crippen MR) is 114 cm³/mol. The summed E-state index contributed by atoms with van der Waals surface area (Å²) in [7, 11) is 1.42. The molecule has 0 aliphatic carbocycles. The topological polar surface area (TPSA) is 82.1 Å². The third-order valence-electron chi connectivity index (χ3n) is 5.25. The minimum atomic E-state index is -3.16. The van der Waals surface area contributed by atoms with E-state index in [1.165, 1.54) is 21.3 Å². The molecule has 8 heteroatoms. The van der Waals surface area contributed by atoms with Crippen molar-refractivity contribution in [1.82, 2.24) is 4.90 Å². The first-order chi connectivity index (χ1) is 14.3. The molecule has 0 saturated carbocycles. The number of aryl methyl sites for hydroxylation is 1. The van der Waals surface area contributed by atoms with E-state index in [4.69, 9.17) is 14.2 Å². The molecule has 30 heavy (non-hydrogen) atoms. The normalized spacial score (nSPS) is 17.4. The predicted octanol–water partition coefficient (Wildman–Crippen LogP) is 2.85. The summed E-state index contributed by atoms with van der Waals surface area (Å²) >= 11 is 0. The zero-order valence-electron chi connectivity index (χ0n) is 17.7. The maximum absolute atomic E-state index is 13.4. The first-order valence-corrected chi connectivity index (χ1v) is 11.5. The van der Waals surface area contributed by atoms with Gasteiger partial charge in [0.05, 0.1) is 32.8 Å². The van der Waals surface area contributed by atoms with Gasteiger partial charge in [-0.2, -0.15) is 0 Å². The number of methoxy groups -OCH3 is 3. The highest BCUT2D eigenvalue weighted by Crippen LogP contribution is 2.39. The lowest BCUT2D eigenvalue weighted by atomic mass is 10.1. The molecule has 3 rings (SSSR count). The number of hydrogen-bond donors (Lipinski definition) is 0. The van der Waals surface area contributed by atoms with Crippen molar-refractivity contribution in [3.63, 3.8) is 0 Å². The molecule has 0 bridgehead atoms. The van der Waals surface area contributed by atoms with Crippen LogP contribution in [0.2, 0.25) is 0 Å². The van der Waals surface area contributed by atoms with Crippen LogP contribution in [0.5, 0.6) is 17.2 Å². The Morgan fingerprint density at radius 2 is 1.73 bits per heavy atom. The summed E-state index contributed by atoms with van der Waals surface area (Å²) in [6.07, 6.45) is 0.421. The zero-order chi connectivity index (χ0) is 21.9. The van der Waals surface area contributed by atoms with Gasteiger partial charge in [0.15, 0.2) is 21.3 Å². The standard InChI is InChI=1S/C22H27NO6S/c1-15-6-5-7-17(10-15)22(24)23(18-8-9-30(25,26)14-18)13-16-11-19(27-2)21(29-4)20(12-16)28-3/h5-7,10-12,18H,8-9,13-14H2,1-4H3/t18-/m0/s1. The lowest BCUT2D eigenvalue weighted by molar-refractivity contribution is 0.0680. The molecule has 1 heterocycles. The number of benzene rings is 2. The second-order valence-electron chi connectivity index (χ2n) is 7.39. The molecule has 1 aliphatic heterocycles. The van der Waals surface area contributed by atoms with Crippen LogP contribution in [0.1, 0.15) is 27.9 Å². The van der Waals surface area contributed by atoms with E-state index in [9.17, 15) is 13.2 Å². The summed E-state index contributed by atoms with van der Waals surface area (Å²) in [6, 6.07) is 10.5. The Morgan fingerprint density at radius 3 is 2.23 bits per heavy atom. The highest BCUT2D eigenvalue weighted by atomic mass is 32.2. The van der Waals surface area contributed by atoms with Crippen molar-refractivity contribution in [2.45, 2.75) is 25.9 Å². The molecule has 0 radical (unpaired) electrons. The molecule has 0 aromatic heterocycles. The number of hydrogen-bond acceptors (Lipinski definition) is 6. The van der Waals surface area contributed by atoms with Gasteiger partial charge < -0.3 is 19.1 Å². The summed E-state index contributed by atoms with van der Waals surface area (Å²) in [5, 5.41) is 0. The monoisotopic (exact) mass is 433 g/mol. The smallest absolute Gasteiger partial charge is 0.254 e. The van der Waals surface area contributed by atoms with Gasteiger partial charge in [0.1, 0.15) is 0 Å². The Balaban J connectivity index is 2.00. The number of carbonyl (C=O) groups excluding carboxylic acids is 1. The highest BCUT2D eigenvalue weighted by Gasteiger charge is 2.35. The fourth-order valence-electron chi connectivity index (χ4n) is 3.76. The summed E-state index contributed by atoms with van der Waals surface area (Å²) < 4.78 is 40.4. The Labute approximate surface area is 177 Å². The van der Waals surface area contributed by atoms with E-state index in [0.29, 0.717) is 29.2 Å². The van der Waals surface area contributed by atoms with Crippen LogP contribution in [0.15, 0.2) is 36.4 Å². The molecule has 0 unspecified atom stereocenters. The summed E-state index contributed by atoms with van der Waals surface area (Å²) in [4.78, 5) is 15.0. The first-order valence-electron chi connectivity index (χ1n) is 9.65. The van der Waals surface area contributed by atoms with Crippen molar-refractivity contribution in [3.05, 3.63) is 53.1 Å². The molecule has 2 aromatic carbocycles. The van der Waals surface area contributed by atoms with Gasteiger partial charge >= 0.3 is 0 Å². The fourth-order valence-corrected chi connectivity index (χ4v) is 5.49. The van der Waals surface area contributed by atoms with E-state index in [-0.39, 0.29) is 30.0 Å². The Kier molecular flexibility index (Phi) is 6.55. The third-order valence-corrected chi connectivity index (χ3v) is 7.00. The lowest BCUT2D eigenvalue weighted by Gasteiger charge is -2.29. The van der Waals surface area contributed by atoms with E-state index in [2.05, 4.69) is 0 Å². The lowest BCUT2D eigenvalue weighted by Crippen LogP contribution is -2.40. The second-order valence-corrected chi connectivity index (χ2v) is 9.62. The molecular weight excluding hydrogens is 406 g/mol. The van der Waals surface area contributed by atoms with Gasteiger partial charge in [-0.25, -0.2) is 8.42 Å². The minimum Gasteiger partial charge on any atom is -0.493 e. The fraction of sp³-hybridized carbons (Fsp3) is 0.409. The van der Waals surface area contributed by atoms with Crippen LogP contribution in [-0.4, -0.2) is 58.1 Å². The van der Waals surface area contributed by atoms with Crippen LogP contribution in [0.3, 0.4) is 0 Å². The van der Waals surface area contributed by atoms with Crippen molar-refractivity contribution >= 4 is 15.7 Å². The van der Waals surface area contributed by atoms with Crippen LogP contribution >= 0.6 is 0 Å². The van der Waals surface area contributed by atoms with Crippen molar-refractivity contribution in [2.75, 3.05) is 32.8 Å². The number of amides is 1. The van der Waals surface area contributed by atoms with Gasteiger partial charge in [0.25, 0.3) is 5.91 Å². The average Bonchev–Trinajstić information content (AvgIpc) is 3.09. The zero-order valence-corrected chi connectivity index (χ0v) is 18.5.